The third-order valence-electron chi connectivity index (χ3n) is 3.54. The normalized spacial score (nSPS) is 15.5. The summed E-state index contributed by atoms with van der Waals surface area (Å²) in [6.45, 7) is 13.6. The van der Waals surface area contributed by atoms with Gasteiger partial charge < -0.3 is 4.74 Å². The van der Waals surface area contributed by atoms with Gasteiger partial charge in [-0.1, -0.05) is 27.7 Å². The zero-order valence-electron chi connectivity index (χ0n) is 11.8. The zero-order chi connectivity index (χ0) is 12.8. The molecule has 0 aromatic carbocycles. The summed E-state index contributed by atoms with van der Waals surface area (Å²) >= 11 is 0. The Kier molecular flexibility index (Phi) is 6.89. The number of carbonyl (C=O) groups is 1. The molecule has 0 bridgehead atoms. The van der Waals surface area contributed by atoms with Crippen LogP contribution in [0.4, 0.5) is 0 Å². The Morgan fingerprint density at radius 1 is 1.25 bits per heavy atom. The van der Waals surface area contributed by atoms with Crippen LogP contribution in [0.15, 0.2) is 0 Å². The van der Waals surface area contributed by atoms with E-state index in [-0.39, 0.29) is 11.2 Å². The molecule has 0 saturated heterocycles. The van der Waals surface area contributed by atoms with Gasteiger partial charge in [-0.2, -0.15) is 0 Å². The van der Waals surface area contributed by atoms with Gasteiger partial charge in [-0.05, 0) is 38.5 Å². The van der Waals surface area contributed by atoms with Gasteiger partial charge in [0.05, 0.1) is 12.0 Å². The minimum absolute atomic E-state index is 0.275. The van der Waals surface area contributed by atoms with Gasteiger partial charge in [-0.3, -0.25) is 4.79 Å². The van der Waals surface area contributed by atoms with Crippen molar-refractivity contribution in [1.82, 2.24) is 0 Å². The summed E-state index contributed by atoms with van der Waals surface area (Å²) in [5.41, 5.74) is -0.277. The van der Waals surface area contributed by atoms with Gasteiger partial charge in [0.1, 0.15) is 5.78 Å². The van der Waals surface area contributed by atoms with E-state index in [2.05, 4.69) is 27.7 Å². The molecule has 0 aliphatic carbocycles. The van der Waals surface area contributed by atoms with E-state index in [1.165, 1.54) is 0 Å². The van der Waals surface area contributed by atoms with E-state index in [0.717, 1.165) is 12.8 Å². The van der Waals surface area contributed by atoms with Crippen molar-refractivity contribution in [3.8, 4) is 0 Å². The number of ketones is 1. The highest BCUT2D eigenvalue weighted by atomic mass is 16.5. The third-order valence-corrected chi connectivity index (χ3v) is 3.54. The number of hydrogen-bond acceptors (Lipinski definition) is 2. The molecule has 0 rings (SSSR count). The van der Waals surface area contributed by atoms with Crippen LogP contribution in [0.5, 0.6) is 0 Å². The minimum atomic E-state index is -0.277. The summed E-state index contributed by atoms with van der Waals surface area (Å²) < 4.78 is 5.53. The second kappa shape index (κ2) is 7.05. The summed E-state index contributed by atoms with van der Waals surface area (Å²) in [5.74, 6) is 1.26. The largest absolute Gasteiger partial charge is 0.381 e. The number of carbonyl (C=O) groups excluding carboxylic acids is 1. The molecule has 0 spiro atoms. The predicted molar refractivity (Wildman–Crippen MR) is 68.5 cm³/mol. The first-order valence-corrected chi connectivity index (χ1v) is 6.45. The minimum Gasteiger partial charge on any atom is -0.381 e. The third kappa shape index (κ3) is 4.25. The molecule has 0 amide bonds. The van der Waals surface area contributed by atoms with Crippen molar-refractivity contribution >= 4 is 5.78 Å². The maximum atomic E-state index is 11.9. The molecule has 96 valence electrons. The molecule has 2 nitrogen and oxygen atoms in total. The summed E-state index contributed by atoms with van der Waals surface area (Å²) in [4.78, 5) is 11.9. The van der Waals surface area contributed by atoms with Crippen LogP contribution in [0.25, 0.3) is 0 Å². The second-order valence-electron chi connectivity index (χ2n) is 5.44. The molecule has 16 heavy (non-hydrogen) atoms. The molecule has 0 heterocycles. The van der Waals surface area contributed by atoms with Crippen LogP contribution in [0, 0.1) is 17.3 Å². The highest BCUT2D eigenvalue weighted by molar-refractivity contribution is 5.82. The van der Waals surface area contributed by atoms with Crippen molar-refractivity contribution < 1.29 is 9.53 Å². The first-order valence-electron chi connectivity index (χ1n) is 6.45. The zero-order valence-corrected chi connectivity index (χ0v) is 11.8. The summed E-state index contributed by atoms with van der Waals surface area (Å²) in [5, 5.41) is 0. The fourth-order valence-corrected chi connectivity index (χ4v) is 2.04. The highest BCUT2D eigenvalue weighted by Crippen LogP contribution is 2.35. The first kappa shape index (κ1) is 15.6. The van der Waals surface area contributed by atoms with Crippen LogP contribution in [0.2, 0.25) is 0 Å². The van der Waals surface area contributed by atoms with Crippen molar-refractivity contribution in [2.75, 3.05) is 13.2 Å². The fraction of sp³-hybridized carbons (Fsp3) is 0.929. The number of hydrogen-bond donors (Lipinski definition) is 0. The van der Waals surface area contributed by atoms with Crippen molar-refractivity contribution in [3.63, 3.8) is 0 Å². The molecule has 0 saturated carbocycles. The number of Topliss-reactive ketones (excluding diaryl/α,β-unsaturated/α-hetero) is 1. The van der Waals surface area contributed by atoms with Gasteiger partial charge in [0, 0.05) is 6.61 Å². The monoisotopic (exact) mass is 228 g/mol. The van der Waals surface area contributed by atoms with Crippen LogP contribution in [0.1, 0.15) is 54.4 Å². The average Bonchev–Trinajstić information content (AvgIpc) is 2.17. The summed E-state index contributed by atoms with van der Waals surface area (Å²) in [6, 6.07) is 0. The van der Waals surface area contributed by atoms with Gasteiger partial charge in [0.2, 0.25) is 0 Å². The van der Waals surface area contributed by atoms with E-state index in [1.54, 1.807) is 6.92 Å². The molecule has 0 fully saturated rings. The van der Waals surface area contributed by atoms with E-state index in [4.69, 9.17) is 4.74 Å². The van der Waals surface area contributed by atoms with E-state index in [1.807, 2.05) is 6.92 Å². The van der Waals surface area contributed by atoms with Crippen LogP contribution in [-0.2, 0) is 9.53 Å². The Morgan fingerprint density at radius 3 is 2.12 bits per heavy atom. The maximum Gasteiger partial charge on any atom is 0.138 e. The Morgan fingerprint density at radius 2 is 1.81 bits per heavy atom. The van der Waals surface area contributed by atoms with Gasteiger partial charge in [0.15, 0.2) is 0 Å². The molecule has 0 aliphatic heterocycles. The fourth-order valence-electron chi connectivity index (χ4n) is 2.04. The van der Waals surface area contributed by atoms with E-state index in [0.29, 0.717) is 25.0 Å². The van der Waals surface area contributed by atoms with Crippen molar-refractivity contribution in [3.05, 3.63) is 0 Å². The predicted octanol–water partition coefficient (Wildman–Crippen LogP) is 3.69. The number of ether oxygens (including phenoxy) is 1. The lowest BCUT2D eigenvalue weighted by atomic mass is 9.70. The van der Waals surface area contributed by atoms with Crippen LogP contribution >= 0.6 is 0 Å². The first-order chi connectivity index (χ1) is 7.36. The molecule has 1 unspecified atom stereocenters. The van der Waals surface area contributed by atoms with E-state index < -0.39 is 0 Å². The van der Waals surface area contributed by atoms with Crippen LogP contribution < -0.4 is 0 Å². The molecular formula is C14H28O2. The van der Waals surface area contributed by atoms with Crippen molar-refractivity contribution in [2.45, 2.75) is 54.4 Å². The van der Waals surface area contributed by atoms with Crippen LogP contribution in [-0.4, -0.2) is 19.0 Å². The van der Waals surface area contributed by atoms with Gasteiger partial charge in [-0.15, -0.1) is 0 Å². The van der Waals surface area contributed by atoms with Gasteiger partial charge in [0.25, 0.3) is 0 Å². The molecular weight excluding hydrogens is 200 g/mol. The maximum absolute atomic E-state index is 11.9. The summed E-state index contributed by atoms with van der Waals surface area (Å²) in [7, 11) is 0. The van der Waals surface area contributed by atoms with Crippen molar-refractivity contribution in [1.29, 1.82) is 0 Å². The van der Waals surface area contributed by atoms with Gasteiger partial charge in [-0.25, -0.2) is 0 Å². The van der Waals surface area contributed by atoms with E-state index >= 15 is 0 Å². The Bertz CT molecular complexity index is 209. The van der Waals surface area contributed by atoms with Crippen LogP contribution in [0.3, 0.4) is 0 Å². The standard InChI is InChI=1S/C14H28O2/c1-7-16-10-14(12(4)5,13(6)15)9-8-11(2)3/h11-12H,7-10H2,1-6H3. The molecule has 0 N–H and O–H groups in total. The summed E-state index contributed by atoms with van der Waals surface area (Å²) in [6.07, 6.45) is 2.03. The van der Waals surface area contributed by atoms with Gasteiger partial charge >= 0.3 is 0 Å². The van der Waals surface area contributed by atoms with Crippen molar-refractivity contribution in [2.24, 2.45) is 17.3 Å². The molecule has 2 heteroatoms. The lowest BCUT2D eigenvalue weighted by Crippen LogP contribution is -2.40. The van der Waals surface area contributed by atoms with E-state index in [9.17, 15) is 4.79 Å². The average molecular weight is 228 g/mol. The molecule has 0 radical (unpaired) electrons. The molecule has 0 aromatic rings. The SMILES string of the molecule is CCOCC(CCC(C)C)(C(C)=O)C(C)C. The smallest absolute Gasteiger partial charge is 0.138 e. The lowest BCUT2D eigenvalue weighted by Gasteiger charge is -2.35. The second-order valence-corrected chi connectivity index (χ2v) is 5.44. The lowest BCUT2D eigenvalue weighted by molar-refractivity contribution is -0.134. The molecule has 1 atom stereocenters. The molecule has 0 aromatic heterocycles. The Hall–Kier alpha value is -0.370. The Labute approximate surface area is 101 Å². The highest BCUT2D eigenvalue weighted by Gasteiger charge is 2.38. The molecule has 0 aliphatic rings. The topological polar surface area (TPSA) is 26.3 Å². The quantitative estimate of drug-likeness (QED) is 0.633. The number of rotatable bonds is 8. The Balaban J connectivity index is 4.72.